The number of nitrogens with two attached hydrogens (primary N) is 1. The summed E-state index contributed by atoms with van der Waals surface area (Å²) in [7, 11) is 0. The van der Waals surface area contributed by atoms with Crippen LogP contribution in [0.25, 0.3) is 0 Å². The smallest absolute Gasteiger partial charge is 0.408 e. The minimum atomic E-state index is -0.975. The summed E-state index contributed by atoms with van der Waals surface area (Å²) in [5, 5.41) is 8.07. The monoisotopic (exact) mass is 490 g/mol. The van der Waals surface area contributed by atoms with Crippen LogP contribution in [0.15, 0.2) is 30.3 Å². The van der Waals surface area contributed by atoms with Gasteiger partial charge in [0.25, 0.3) is 0 Å². The fourth-order valence-corrected chi connectivity index (χ4v) is 3.47. The fourth-order valence-electron chi connectivity index (χ4n) is 3.47. The van der Waals surface area contributed by atoms with E-state index in [0.717, 1.165) is 5.56 Å². The molecule has 0 aliphatic rings. The van der Waals surface area contributed by atoms with E-state index in [4.69, 9.17) is 10.5 Å². The Morgan fingerprint density at radius 2 is 1.29 bits per heavy atom. The van der Waals surface area contributed by atoms with Gasteiger partial charge in [-0.2, -0.15) is 0 Å². The fraction of sp³-hybridized carbons (Fsp3) is 0.615. The molecule has 4 amide bonds. The summed E-state index contributed by atoms with van der Waals surface area (Å²) >= 11 is 0. The molecule has 1 aromatic rings. The number of benzene rings is 1. The molecule has 0 saturated carbocycles. The van der Waals surface area contributed by atoms with Gasteiger partial charge in [-0.25, -0.2) is 4.79 Å². The molecular weight excluding hydrogens is 448 g/mol. The zero-order valence-corrected chi connectivity index (χ0v) is 22.0. The highest BCUT2D eigenvalue weighted by molar-refractivity contribution is 5.93. The van der Waals surface area contributed by atoms with Crippen molar-refractivity contribution in [2.45, 2.75) is 91.5 Å². The number of rotatable bonds is 12. The molecule has 0 aromatic heterocycles. The highest BCUT2D eigenvalue weighted by atomic mass is 16.6. The Labute approximate surface area is 208 Å². The van der Waals surface area contributed by atoms with Gasteiger partial charge in [0.2, 0.25) is 17.7 Å². The molecule has 196 valence electrons. The zero-order chi connectivity index (χ0) is 26.8. The number of alkyl carbamates (subject to hydrolysis) is 1. The van der Waals surface area contributed by atoms with Gasteiger partial charge in [0.15, 0.2) is 0 Å². The van der Waals surface area contributed by atoms with Crippen LogP contribution in [0.5, 0.6) is 0 Å². The first-order chi connectivity index (χ1) is 16.2. The normalized spacial score (nSPS) is 14.1. The van der Waals surface area contributed by atoms with Gasteiger partial charge in [-0.1, -0.05) is 58.0 Å². The summed E-state index contributed by atoms with van der Waals surface area (Å²) in [6.07, 6.45) is 0.207. The first kappa shape index (κ1) is 29.9. The Bertz CT molecular complexity index is 849. The van der Waals surface area contributed by atoms with Gasteiger partial charge in [-0.05, 0) is 51.0 Å². The number of amides is 4. The molecule has 9 nitrogen and oxygen atoms in total. The number of carbonyl (C=O) groups excluding carboxylic acids is 4. The van der Waals surface area contributed by atoms with Crippen molar-refractivity contribution in [3.63, 3.8) is 0 Å². The van der Waals surface area contributed by atoms with Crippen LogP contribution >= 0.6 is 0 Å². The molecule has 0 fully saturated rings. The predicted molar refractivity (Wildman–Crippen MR) is 135 cm³/mol. The first-order valence-electron chi connectivity index (χ1n) is 12.1. The van der Waals surface area contributed by atoms with Crippen molar-refractivity contribution in [2.75, 3.05) is 0 Å². The number of hydrogen-bond donors (Lipinski definition) is 4. The van der Waals surface area contributed by atoms with E-state index in [0.29, 0.717) is 12.8 Å². The van der Waals surface area contributed by atoms with Crippen LogP contribution in [0, 0.1) is 11.8 Å². The molecule has 0 unspecified atom stereocenters. The van der Waals surface area contributed by atoms with E-state index in [1.54, 1.807) is 20.8 Å². The molecule has 3 atom stereocenters. The molecule has 0 radical (unpaired) electrons. The maximum absolute atomic E-state index is 13.3. The van der Waals surface area contributed by atoms with Crippen molar-refractivity contribution in [3.05, 3.63) is 35.9 Å². The number of nitrogens with one attached hydrogen (secondary N) is 3. The van der Waals surface area contributed by atoms with Gasteiger partial charge in [0.05, 0.1) is 0 Å². The number of hydrogen-bond acceptors (Lipinski definition) is 5. The number of ether oxygens (including phenoxy) is 1. The Morgan fingerprint density at radius 1 is 0.800 bits per heavy atom. The van der Waals surface area contributed by atoms with Crippen LogP contribution in [-0.4, -0.2) is 47.5 Å². The highest BCUT2D eigenvalue weighted by Crippen LogP contribution is 2.11. The Balaban J connectivity index is 3.08. The Morgan fingerprint density at radius 3 is 1.77 bits per heavy atom. The van der Waals surface area contributed by atoms with Crippen molar-refractivity contribution >= 4 is 23.8 Å². The quantitative estimate of drug-likeness (QED) is 0.357. The molecule has 1 aromatic carbocycles. The molecule has 1 rings (SSSR count). The van der Waals surface area contributed by atoms with Crippen LogP contribution in [0.3, 0.4) is 0 Å². The van der Waals surface area contributed by atoms with Gasteiger partial charge in [-0.3, -0.25) is 14.4 Å². The topological polar surface area (TPSA) is 140 Å². The van der Waals surface area contributed by atoms with Crippen LogP contribution in [0.2, 0.25) is 0 Å². The molecule has 9 heteroatoms. The second kappa shape index (κ2) is 13.7. The van der Waals surface area contributed by atoms with Crippen LogP contribution in [0.4, 0.5) is 4.79 Å². The summed E-state index contributed by atoms with van der Waals surface area (Å²) in [5.41, 5.74) is 5.57. The molecule has 5 N–H and O–H groups in total. The lowest BCUT2D eigenvalue weighted by Crippen LogP contribution is -2.57. The maximum Gasteiger partial charge on any atom is 0.408 e. The number of primary amides is 1. The van der Waals surface area contributed by atoms with Gasteiger partial charge in [-0.15, -0.1) is 0 Å². The van der Waals surface area contributed by atoms with Crippen LogP contribution in [0.1, 0.15) is 66.9 Å². The van der Waals surface area contributed by atoms with E-state index >= 15 is 0 Å². The third-order valence-corrected chi connectivity index (χ3v) is 5.00. The van der Waals surface area contributed by atoms with Crippen LogP contribution < -0.4 is 21.7 Å². The SMILES string of the molecule is CC(C)C[C@H](NC(=O)[C@@H](CC(C)C)NC(=O)[C@H](Cc1ccccc1)NC(=O)OC(C)(C)C)C(N)=O. The molecule has 35 heavy (non-hydrogen) atoms. The molecule has 0 bridgehead atoms. The third kappa shape index (κ3) is 12.2. The van der Waals surface area contributed by atoms with Gasteiger partial charge in [0.1, 0.15) is 23.7 Å². The number of carbonyl (C=O) groups is 4. The lowest BCUT2D eigenvalue weighted by atomic mass is 9.99. The largest absolute Gasteiger partial charge is 0.444 e. The molecule has 0 aliphatic heterocycles. The van der Waals surface area contributed by atoms with Crippen molar-refractivity contribution in [2.24, 2.45) is 17.6 Å². The minimum absolute atomic E-state index is 0.0783. The van der Waals surface area contributed by atoms with Crippen LogP contribution in [-0.2, 0) is 25.5 Å². The first-order valence-corrected chi connectivity index (χ1v) is 12.1. The standard InChI is InChI=1S/C26H42N4O5/c1-16(2)13-19(22(27)31)28-23(32)20(14-17(3)4)29-24(33)21(15-18-11-9-8-10-12-18)30-25(34)35-26(5,6)7/h8-12,16-17,19-21H,13-15H2,1-7H3,(H2,27,31)(H,28,32)(H,29,33)(H,30,34)/t19-,20+,21-/m0/s1. The summed E-state index contributed by atoms with van der Waals surface area (Å²) < 4.78 is 5.33. The van der Waals surface area contributed by atoms with Crippen molar-refractivity contribution < 1.29 is 23.9 Å². The average Bonchev–Trinajstić information content (AvgIpc) is 2.70. The minimum Gasteiger partial charge on any atom is -0.444 e. The van der Waals surface area contributed by atoms with Crippen molar-refractivity contribution in [3.8, 4) is 0 Å². The second-order valence-electron chi connectivity index (χ2n) is 10.7. The van der Waals surface area contributed by atoms with E-state index in [-0.39, 0.29) is 18.3 Å². The lowest BCUT2D eigenvalue weighted by Gasteiger charge is -2.27. The summed E-state index contributed by atoms with van der Waals surface area (Å²) in [5.74, 6) is -1.43. The third-order valence-electron chi connectivity index (χ3n) is 5.00. The lowest BCUT2D eigenvalue weighted by molar-refractivity contribution is -0.132. The average molecular weight is 491 g/mol. The van der Waals surface area contributed by atoms with E-state index in [1.165, 1.54) is 0 Å². The van der Waals surface area contributed by atoms with Crippen molar-refractivity contribution in [1.29, 1.82) is 0 Å². The van der Waals surface area contributed by atoms with E-state index < -0.39 is 47.5 Å². The second-order valence-corrected chi connectivity index (χ2v) is 10.7. The summed E-state index contributed by atoms with van der Waals surface area (Å²) in [6, 6.07) is 6.51. The van der Waals surface area contributed by atoms with Gasteiger partial charge < -0.3 is 26.4 Å². The van der Waals surface area contributed by atoms with Gasteiger partial charge >= 0.3 is 6.09 Å². The Hall–Kier alpha value is -3.10. The molecule has 0 aliphatic carbocycles. The highest BCUT2D eigenvalue weighted by Gasteiger charge is 2.31. The Kier molecular flexibility index (Phi) is 11.7. The van der Waals surface area contributed by atoms with Gasteiger partial charge in [0, 0.05) is 6.42 Å². The molecular formula is C26H42N4O5. The molecule has 0 spiro atoms. The summed E-state index contributed by atoms with van der Waals surface area (Å²) in [4.78, 5) is 50.6. The van der Waals surface area contributed by atoms with E-state index in [2.05, 4.69) is 16.0 Å². The molecule has 0 saturated heterocycles. The zero-order valence-electron chi connectivity index (χ0n) is 22.0. The molecule has 0 heterocycles. The maximum atomic E-state index is 13.3. The van der Waals surface area contributed by atoms with E-state index in [1.807, 2.05) is 58.0 Å². The van der Waals surface area contributed by atoms with Crippen molar-refractivity contribution in [1.82, 2.24) is 16.0 Å². The summed E-state index contributed by atoms with van der Waals surface area (Å²) in [6.45, 7) is 12.9. The van der Waals surface area contributed by atoms with E-state index in [9.17, 15) is 19.2 Å². The predicted octanol–water partition coefficient (Wildman–Crippen LogP) is 2.67.